The van der Waals surface area contributed by atoms with Crippen molar-refractivity contribution < 1.29 is 4.79 Å². The number of rotatable bonds is 5. The summed E-state index contributed by atoms with van der Waals surface area (Å²) in [6.45, 7) is 5.26. The lowest BCUT2D eigenvalue weighted by Gasteiger charge is -2.18. The fourth-order valence-electron chi connectivity index (χ4n) is 2.13. The number of nitrogens with zero attached hydrogens (tertiary/aromatic N) is 1. The molecule has 2 heterocycles. The molecule has 2 rings (SSSR count). The minimum atomic E-state index is 0.137. The maximum Gasteiger partial charge on any atom is 0.234 e. The van der Waals surface area contributed by atoms with E-state index in [1.54, 1.807) is 11.3 Å². The quantitative estimate of drug-likeness (QED) is 0.849. The minimum absolute atomic E-state index is 0.137. The van der Waals surface area contributed by atoms with Gasteiger partial charge in [0.05, 0.1) is 10.3 Å². The Bertz CT molecular complexity index is 402. The topological polar surface area (TPSA) is 44.4 Å². The highest BCUT2D eigenvalue weighted by Crippen LogP contribution is 2.21. The molecule has 0 atom stereocenters. The number of hydrogen-bond acceptors (Lipinski definition) is 4. The highest BCUT2D eigenvalue weighted by molar-refractivity contribution is 9.11. The third-order valence-electron chi connectivity index (χ3n) is 3.12. The van der Waals surface area contributed by atoms with Crippen molar-refractivity contribution in [2.45, 2.75) is 12.8 Å². The molecular formula is C13H20BrN3OS. The van der Waals surface area contributed by atoms with E-state index in [9.17, 15) is 4.79 Å². The van der Waals surface area contributed by atoms with Crippen LogP contribution >= 0.6 is 27.3 Å². The maximum atomic E-state index is 11.8. The van der Waals surface area contributed by atoms with Crippen molar-refractivity contribution in [3.63, 3.8) is 0 Å². The van der Waals surface area contributed by atoms with Gasteiger partial charge in [-0.1, -0.05) is 0 Å². The SMILES string of the molecule is O=C(CN1CCCNCC1)NCCc1ccc(Br)s1. The third kappa shape index (κ3) is 5.60. The Labute approximate surface area is 126 Å². The van der Waals surface area contributed by atoms with Crippen molar-refractivity contribution in [3.8, 4) is 0 Å². The molecule has 19 heavy (non-hydrogen) atoms. The van der Waals surface area contributed by atoms with E-state index >= 15 is 0 Å². The zero-order chi connectivity index (χ0) is 13.5. The Morgan fingerprint density at radius 3 is 3.11 bits per heavy atom. The second-order valence-corrected chi connectivity index (χ2v) is 7.23. The molecule has 1 amide bonds. The van der Waals surface area contributed by atoms with Gasteiger partial charge in [0, 0.05) is 24.5 Å². The number of halogens is 1. The largest absolute Gasteiger partial charge is 0.355 e. The van der Waals surface area contributed by atoms with Gasteiger partial charge in [-0.25, -0.2) is 0 Å². The van der Waals surface area contributed by atoms with E-state index in [4.69, 9.17) is 0 Å². The van der Waals surface area contributed by atoms with E-state index in [1.165, 1.54) is 4.88 Å². The molecule has 1 saturated heterocycles. The fourth-order valence-corrected chi connectivity index (χ4v) is 3.61. The summed E-state index contributed by atoms with van der Waals surface area (Å²) in [4.78, 5) is 15.4. The van der Waals surface area contributed by atoms with E-state index in [0.717, 1.165) is 49.4 Å². The molecular weight excluding hydrogens is 326 g/mol. The molecule has 6 heteroatoms. The van der Waals surface area contributed by atoms with Crippen LogP contribution < -0.4 is 10.6 Å². The lowest BCUT2D eigenvalue weighted by molar-refractivity contribution is -0.122. The van der Waals surface area contributed by atoms with Crippen LogP contribution in [-0.2, 0) is 11.2 Å². The third-order valence-corrected chi connectivity index (χ3v) is 4.81. The predicted octanol–water partition coefficient (Wildman–Crippen LogP) is 1.46. The highest BCUT2D eigenvalue weighted by Gasteiger charge is 2.12. The first kappa shape index (κ1) is 15.0. The van der Waals surface area contributed by atoms with Crippen molar-refractivity contribution in [2.24, 2.45) is 0 Å². The summed E-state index contributed by atoms with van der Waals surface area (Å²) >= 11 is 5.17. The van der Waals surface area contributed by atoms with Gasteiger partial charge in [0.25, 0.3) is 0 Å². The average molecular weight is 346 g/mol. The van der Waals surface area contributed by atoms with Crippen LogP contribution in [0.5, 0.6) is 0 Å². The first-order valence-corrected chi connectivity index (χ1v) is 8.29. The fraction of sp³-hybridized carbons (Fsp3) is 0.615. The van der Waals surface area contributed by atoms with Gasteiger partial charge < -0.3 is 10.6 Å². The Balaban J connectivity index is 1.63. The van der Waals surface area contributed by atoms with E-state index in [1.807, 2.05) is 6.07 Å². The molecule has 1 fully saturated rings. The molecule has 0 radical (unpaired) electrons. The van der Waals surface area contributed by atoms with Crippen LogP contribution in [0.2, 0.25) is 0 Å². The lowest BCUT2D eigenvalue weighted by atomic mass is 10.3. The summed E-state index contributed by atoms with van der Waals surface area (Å²) in [5, 5.41) is 6.34. The molecule has 0 bridgehead atoms. The number of carbonyl (C=O) groups excluding carboxylic acids is 1. The molecule has 1 aromatic rings. The standard InChI is InChI=1S/C13H20BrN3OS/c14-12-3-2-11(19-12)4-6-16-13(18)10-17-8-1-5-15-7-9-17/h2-3,15H,1,4-10H2,(H,16,18). The Morgan fingerprint density at radius 1 is 1.42 bits per heavy atom. The van der Waals surface area contributed by atoms with Crippen molar-refractivity contribution in [1.29, 1.82) is 0 Å². The summed E-state index contributed by atoms with van der Waals surface area (Å²) < 4.78 is 1.14. The minimum Gasteiger partial charge on any atom is -0.355 e. The molecule has 1 aliphatic rings. The second-order valence-electron chi connectivity index (χ2n) is 4.69. The molecule has 0 spiro atoms. The zero-order valence-corrected chi connectivity index (χ0v) is 13.4. The van der Waals surface area contributed by atoms with E-state index in [-0.39, 0.29) is 5.91 Å². The first-order chi connectivity index (χ1) is 9.24. The van der Waals surface area contributed by atoms with Crippen LogP contribution in [0, 0.1) is 0 Å². The Kier molecular flexibility index (Phi) is 6.30. The monoisotopic (exact) mass is 345 g/mol. The van der Waals surface area contributed by atoms with E-state index < -0.39 is 0 Å². The zero-order valence-electron chi connectivity index (χ0n) is 11.0. The molecule has 0 saturated carbocycles. The molecule has 1 aromatic heterocycles. The van der Waals surface area contributed by atoms with Gasteiger partial charge in [-0.05, 0) is 54.0 Å². The summed E-state index contributed by atoms with van der Waals surface area (Å²) in [5.41, 5.74) is 0. The molecule has 2 N–H and O–H groups in total. The summed E-state index contributed by atoms with van der Waals surface area (Å²) in [6, 6.07) is 4.15. The molecule has 0 aromatic carbocycles. The summed E-state index contributed by atoms with van der Waals surface area (Å²) in [6.07, 6.45) is 2.03. The lowest BCUT2D eigenvalue weighted by Crippen LogP contribution is -2.39. The average Bonchev–Trinajstić information content (AvgIpc) is 2.63. The van der Waals surface area contributed by atoms with Gasteiger partial charge in [-0.2, -0.15) is 0 Å². The van der Waals surface area contributed by atoms with E-state index in [2.05, 4.69) is 37.5 Å². The normalized spacial score (nSPS) is 17.1. The van der Waals surface area contributed by atoms with Crippen molar-refractivity contribution in [2.75, 3.05) is 39.3 Å². The summed E-state index contributed by atoms with van der Waals surface area (Å²) in [7, 11) is 0. The predicted molar refractivity (Wildman–Crippen MR) is 82.7 cm³/mol. The van der Waals surface area contributed by atoms with Gasteiger partial charge in [-0.3, -0.25) is 9.69 Å². The highest BCUT2D eigenvalue weighted by atomic mass is 79.9. The van der Waals surface area contributed by atoms with Gasteiger partial charge in [-0.15, -0.1) is 11.3 Å². The van der Waals surface area contributed by atoms with Crippen molar-refractivity contribution in [3.05, 3.63) is 20.8 Å². The molecule has 0 unspecified atom stereocenters. The first-order valence-electron chi connectivity index (χ1n) is 6.68. The number of thiophene rings is 1. The van der Waals surface area contributed by atoms with Gasteiger partial charge in [0.15, 0.2) is 0 Å². The number of hydrogen-bond donors (Lipinski definition) is 2. The summed E-state index contributed by atoms with van der Waals surface area (Å²) in [5.74, 6) is 0.137. The van der Waals surface area contributed by atoms with Crippen LogP contribution in [0.4, 0.5) is 0 Å². The smallest absolute Gasteiger partial charge is 0.234 e. The molecule has 1 aliphatic heterocycles. The van der Waals surface area contributed by atoms with Crippen LogP contribution in [0.3, 0.4) is 0 Å². The van der Waals surface area contributed by atoms with Gasteiger partial charge in [0.1, 0.15) is 0 Å². The van der Waals surface area contributed by atoms with Crippen LogP contribution in [0.1, 0.15) is 11.3 Å². The van der Waals surface area contributed by atoms with Crippen molar-refractivity contribution in [1.82, 2.24) is 15.5 Å². The number of amides is 1. The number of nitrogens with one attached hydrogen (secondary N) is 2. The second kappa shape index (κ2) is 7.99. The van der Waals surface area contributed by atoms with Crippen LogP contribution in [0.25, 0.3) is 0 Å². The van der Waals surface area contributed by atoms with Crippen LogP contribution in [0.15, 0.2) is 15.9 Å². The Hall–Kier alpha value is -0.430. The Morgan fingerprint density at radius 2 is 2.32 bits per heavy atom. The van der Waals surface area contributed by atoms with Gasteiger partial charge in [0.2, 0.25) is 5.91 Å². The van der Waals surface area contributed by atoms with Gasteiger partial charge >= 0.3 is 0 Å². The van der Waals surface area contributed by atoms with Crippen LogP contribution in [-0.4, -0.2) is 50.1 Å². The molecule has 4 nitrogen and oxygen atoms in total. The molecule has 106 valence electrons. The maximum absolute atomic E-state index is 11.8. The number of carbonyl (C=O) groups is 1. The van der Waals surface area contributed by atoms with Crippen molar-refractivity contribution >= 4 is 33.2 Å². The molecule has 0 aliphatic carbocycles. The van der Waals surface area contributed by atoms with E-state index in [0.29, 0.717) is 6.54 Å².